The molecular formula is C68H110O6. The molecule has 0 aliphatic carbocycles. The normalized spacial score (nSPS) is 13.1. The first-order valence-corrected chi connectivity index (χ1v) is 30.2. The molecule has 0 fully saturated rings. The number of carbonyl (C=O) groups excluding carboxylic acids is 3. The lowest BCUT2D eigenvalue weighted by Gasteiger charge is -2.18. The molecule has 1 unspecified atom stereocenters. The van der Waals surface area contributed by atoms with Crippen molar-refractivity contribution in [1.29, 1.82) is 0 Å². The van der Waals surface area contributed by atoms with E-state index in [2.05, 4.69) is 154 Å². The highest BCUT2D eigenvalue weighted by molar-refractivity contribution is 5.71. The van der Waals surface area contributed by atoms with Crippen molar-refractivity contribution in [2.45, 2.75) is 264 Å². The molecule has 0 aromatic rings. The number of carbonyl (C=O) groups is 3. The summed E-state index contributed by atoms with van der Waals surface area (Å²) in [6.07, 6.45) is 86.3. The van der Waals surface area contributed by atoms with Crippen LogP contribution in [0.1, 0.15) is 258 Å². The third-order valence-electron chi connectivity index (χ3n) is 12.4. The van der Waals surface area contributed by atoms with Gasteiger partial charge in [0.15, 0.2) is 6.10 Å². The van der Waals surface area contributed by atoms with E-state index >= 15 is 0 Å². The molecule has 0 aromatic heterocycles. The van der Waals surface area contributed by atoms with Crippen LogP contribution in [-0.2, 0) is 28.6 Å². The minimum atomic E-state index is -0.792. The van der Waals surface area contributed by atoms with E-state index in [0.717, 1.165) is 141 Å². The van der Waals surface area contributed by atoms with Gasteiger partial charge in [-0.1, -0.05) is 257 Å². The van der Waals surface area contributed by atoms with Crippen LogP contribution in [0.2, 0.25) is 0 Å². The summed E-state index contributed by atoms with van der Waals surface area (Å²) in [5, 5.41) is 0. The summed E-state index contributed by atoms with van der Waals surface area (Å²) in [5.74, 6) is -0.931. The molecule has 6 heteroatoms. The molecular weight excluding hydrogens is 913 g/mol. The quantitative estimate of drug-likeness (QED) is 0.0261. The zero-order valence-electron chi connectivity index (χ0n) is 47.8. The Balaban J connectivity index is 4.11. The van der Waals surface area contributed by atoms with Crippen LogP contribution in [0.25, 0.3) is 0 Å². The summed E-state index contributed by atoms with van der Waals surface area (Å²) < 4.78 is 16.7. The van der Waals surface area contributed by atoms with Gasteiger partial charge < -0.3 is 14.2 Å². The van der Waals surface area contributed by atoms with Crippen LogP contribution in [0.5, 0.6) is 0 Å². The number of ether oxygens (including phenoxy) is 3. The molecule has 6 nitrogen and oxygen atoms in total. The second-order valence-corrected chi connectivity index (χ2v) is 19.5. The Labute approximate surface area is 455 Å². The van der Waals surface area contributed by atoms with Gasteiger partial charge in [-0.05, 0) is 116 Å². The summed E-state index contributed by atoms with van der Waals surface area (Å²) >= 11 is 0. The smallest absolute Gasteiger partial charge is 0.306 e. The lowest BCUT2D eigenvalue weighted by molar-refractivity contribution is -0.167. The Morgan fingerprint density at radius 1 is 0.284 bits per heavy atom. The molecule has 0 aromatic carbocycles. The molecule has 0 bridgehead atoms. The van der Waals surface area contributed by atoms with Gasteiger partial charge in [-0.3, -0.25) is 14.4 Å². The van der Waals surface area contributed by atoms with Gasteiger partial charge in [0.2, 0.25) is 0 Å². The molecule has 0 rings (SSSR count). The largest absolute Gasteiger partial charge is 0.462 e. The van der Waals surface area contributed by atoms with Crippen LogP contribution in [0.15, 0.2) is 134 Å². The minimum Gasteiger partial charge on any atom is -0.462 e. The third kappa shape index (κ3) is 58.4. The highest BCUT2D eigenvalue weighted by Crippen LogP contribution is 2.15. The lowest BCUT2D eigenvalue weighted by Crippen LogP contribution is -2.30. The minimum absolute atomic E-state index is 0.0911. The van der Waals surface area contributed by atoms with E-state index in [9.17, 15) is 14.4 Å². The zero-order chi connectivity index (χ0) is 53.6. The predicted octanol–water partition coefficient (Wildman–Crippen LogP) is 20.6. The monoisotopic (exact) mass is 1020 g/mol. The molecule has 418 valence electrons. The fraction of sp³-hybridized carbons (Fsp3) is 0.632. The molecule has 0 aliphatic heterocycles. The fourth-order valence-corrected chi connectivity index (χ4v) is 7.94. The summed E-state index contributed by atoms with van der Waals surface area (Å²) in [4.78, 5) is 37.9. The van der Waals surface area contributed by atoms with Gasteiger partial charge in [-0.2, -0.15) is 0 Å². The standard InChI is InChI=1S/C68H110O6/c1-4-7-10-13-16-18-20-22-24-26-27-28-29-30-31-32-33-34-35-36-37-38-39-40-41-43-44-46-48-50-52-55-58-61-67(70)73-64-65(63-72-66(69)60-57-54-15-12-9-6-3)74-68(71)62-59-56-53-51-49-47-45-42-25-23-21-19-17-14-11-8-5-2/h7-8,10-11,16-19,22-25,27-28,30-31,33-34,36-37,45,47,65H,4-6,9,12-15,20-21,26,29,32,35,38-44,46,48-64H2,1-3H3/b10-7-,11-8-,18-16-,19-17-,24-22-,25-23-,28-27-,31-30-,34-33-,37-36-,47-45-. The average Bonchev–Trinajstić information content (AvgIpc) is 3.40. The third-order valence-corrected chi connectivity index (χ3v) is 12.4. The fourth-order valence-electron chi connectivity index (χ4n) is 7.94. The Morgan fingerprint density at radius 3 is 0.824 bits per heavy atom. The number of esters is 3. The highest BCUT2D eigenvalue weighted by Gasteiger charge is 2.19. The average molecular weight is 1020 g/mol. The molecule has 0 saturated carbocycles. The topological polar surface area (TPSA) is 78.9 Å². The summed E-state index contributed by atoms with van der Waals surface area (Å²) in [7, 11) is 0. The Morgan fingerprint density at radius 2 is 0.527 bits per heavy atom. The molecule has 0 saturated heterocycles. The molecule has 0 radical (unpaired) electrons. The van der Waals surface area contributed by atoms with Crippen LogP contribution in [0.3, 0.4) is 0 Å². The summed E-state index contributed by atoms with van der Waals surface area (Å²) in [6.45, 7) is 6.32. The number of unbranched alkanes of at least 4 members (excludes halogenated alkanes) is 20. The Bertz CT molecular complexity index is 1600. The maximum Gasteiger partial charge on any atom is 0.306 e. The van der Waals surface area contributed by atoms with Gasteiger partial charge >= 0.3 is 17.9 Å². The maximum absolute atomic E-state index is 12.8. The van der Waals surface area contributed by atoms with E-state index < -0.39 is 6.10 Å². The second-order valence-electron chi connectivity index (χ2n) is 19.5. The van der Waals surface area contributed by atoms with Gasteiger partial charge in [-0.25, -0.2) is 0 Å². The van der Waals surface area contributed by atoms with Crippen molar-refractivity contribution in [3.63, 3.8) is 0 Å². The highest BCUT2D eigenvalue weighted by atomic mass is 16.6. The first-order valence-electron chi connectivity index (χ1n) is 30.2. The van der Waals surface area contributed by atoms with Crippen LogP contribution in [0.4, 0.5) is 0 Å². The van der Waals surface area contributed by atoms with Crippen LogP contribution < -0.4 is 0 Å². The van der Waals surface area contributed by atoms with Gasteiger partial charge in [0.05, 0.1) is 0 Å². The SMILES string of the molecule is CC/C=C\C/C=C\C/C=C\C/C=C\C/C=C\C/C=C\C/C=C\CCCCCCCCCCCCCC(=O)OCC(COC(=O)CCCCCCCC)OC(=O)CCCCCC/C=C\C/C=C\C/C=C\C/C=C\CC. The lowest BCUT2D eigenvalue weighted by atomic mass is 10.0. The van der Waals surface area contributed by atoms with Crippen molar-refractivity contribution in [2.24, 2.45) is 0 Å². The summed E-state index contributed by atoms with van der Waals surface area (Å²) in [6, 6.07) is 0. The van der Waals surface area contributed by atoms with Crippen molar-refractivity contribution in [3.8, 4) is 0 Å². The zero-order valence-corrected chi connectivity index (χ0v) is 47.8. The van der Waals surface area contributed by atoms with Gasteiger partial charge in [0.1, 0.15) is 13.2 Å². The van der Waals surface area contributed by atoms with Gasteiger partial charge in [0.25, 0.3) is 0 Å². The molecule has 0 heterocycles. The first kappa shape index (κ1) is 69.5. The Hall–Kier alpha value is -4.45. The van der Waals surface area contributed by atoms with E-state index in [4.69, 9.17) is 14.2 Å². The number of allylic oxidation sites excluding steroid dienone is 22. The van der Waals surface area contributed by atoms with Crippen molar-refractivity contribution < 1.29 is 28.6 Å². The molecule has 0 spiro atoms. The van der Waals surface area contributed by atoms with E-state index in [1.165, 1.54) is 77.0 Å². The van der Waals surface area contributed by atoms with Crippen molar-refractivity contribution in [3.05, 3.63) is 134 Å². The van der Waals surface area contributed by atoms with Crippen molar-refractivity contribution in [2.75, 3.05) is 13.2 Å². The van der Waals surface area contributed by atoms with Gasteiger partial charge in [0, 0.05) is 19.3 Å². The van der Waals surface area contributed by atoms with E-state index in [1.54, 1.807) is 0 Å². The first-order chi connectivity index (χ1) is 36.5. The van der Waals surface area contributed by atoms with Crippen LogP contribution in [0, 0.1) is 0 Å². The molecule has 74 heavy (non-hydrogen) atoms. The van der Waals surface area contributed by atoms with E-state index in [0.29, 0.717) is 19.3 Å². The number of rotatable bonds is 53. The van der Waals surface area contributed by atoms with Crippen molar-refractivity contribution in [1.82, 2.24) is 0 Å². The molecule has 0 aliphatic rings. The number of hydrogen-bond donors (Lipinski definition) is 0. The predicted molar refractivity (Wildman–Crippen MR) is 320 cm³/mol. The molecule has 1 atom stereocenters. The van der Waals surface area contributed by atoms with E-state index in [1.807, 2.05) is 0 Å². The number of hydrogen-bond acceptors (Lipinski definition) is 6. The molecule has 0 amide bonds. The second kappa shape index (κ2) is 61.1. The van der Waals surface area contributed by atoms with Crippen LogP contribution >= 0.6 is 0 Å². The molecule has 0 N–H and O–H groups in total. The van der Waals surface area contributed by atoms with Gasteiger partial charge in [-0.15, -0.1) is 0 Å². The Kier molecular flexibility index (Phi) is 57.4. The van der Waals surface area contributed by atoms with E-state index in [-0.39, 0.29) is 31.1 Å². The summed E-state index contributed by atoms with van der Waals surface area (Å²) in [5.41, 5.74) is 0. The maximum atomic E-state index is 12.8. The van der Waals surface area contributed by atoms with Crippen LogP contribution in [-0.4, -0.2) is 37.2 Å². The van der Waals surface area contributed by atoms with Crippen molar-refractivity contribution >= 4 is 17.9 Å².